The van der Waals surface area contributed by atoms with E-state index >= 15 is 0 Å². The molecule has 2 nitrogen and oxygen atoms in total. The summed E-state index contributed by atoms with van der Waals surface area (Å²) in [6, 6.07) is 4.61. The molecule has 92 valence electrons. The molecule has 1 saturated carbocycles. The maximum absolute atomic E-state index is 11.9. The number of halogens is 4. The monoisotopic (exact) mass is 312 g/mol. The van der Waals surface area contributed by atoms with Gasteiger partial charge in [-0.3, -0.25) is 4.79 Å². The van der Waals surface area contributed by atoms with Gasteiger partial charge in [-0.1, -0.05) is 23.2 Å². The smallest absolute Gasteiger partial charge is 0.320 e. The van der Waals surface area contributed by atoms with Crippen molar-refractivity contribution in [2.24, 2.45) is 5.41 Å². The third-order valence-corrected chi connectivity index (χ3v) is 4.44. The summed E-state index contributed by atoms with van der Waals surface area (Å²) < 4.78 is 4.11. The maximum Gasteiger partial charge on any atom is 0.320 e. The van der Waals surface area contributed by atoms with Crippen LogP contribution >= 0.6 is 46.4 Å². The first-order valence-electron chi connectivity index (χ1n) is 4.81. The molecule has 1 unspecified atom stereocenters. The van der Waals surface area contributed by atoms with E-state index in [-0.39, 0.29) is 10.8 Å². The van der Waals surface area contributed by atoms with Gasteiger partial charge in [-0.25, -0.2) is 0 Å². The van der Waals surface area contributed by atoms with Gasteiger partial charge in [0.05, 0.1) is 5.02 Å². The average Bonchev–Trinajstić information content (AvgIpc) is 2.72. The van der Waals surface area contributed by atoms with E-state index < -0.39 is 15.7 Å². The zero-order chi connectivity index (χ0) is 12.8. The Morgan fingerprint density at radius 1 is 1.35 bits per heavy atom. The van der Waals surface area contributed by atoms with Gasteiger partial charge in [-0.2, -0.15) is 0 Å². The summed E-state index contributed by atoms with van der Waals surface area (Å²) in [5.74, 6) is -0.245. The molecule has 0 saturated heterocycles. The maximum atomic E-state index is 11.9. The van der Waals surface area contributed by atoms with Gasteiger partial charge in [0, 0.05) is 11.4 Å². The second-order valence-corrected chi connectivity index (χ2v) is 6.51. The van der Waals surface area contributed by atoms with Crippen LogP contribution in [0.3, 0.4) is 0 Å². The van der Waals surface area contributed by atoms with Gasteiger partial charge in [-0.05, 0) is 25.1 Å². The molecule has 0 spiro atoms. The van der Waals surface area contributed by atoms with Crippen molar-refractivity contribution in [2.45, 2.75) is 17.7 Å². The Balaban J connectivity index is 2.15. The van der Waals surface area contributed by atoms with E-state index in [0.717, 1.165) is 0 Å². The molecule has 2 rings (SSSR count). The largest absolute Gasteiger partial charge is 0.424 e. The Morgan fingerprint density at radius 3 is 2.41 bits per heavy atom. The van der Waals surface area contributed by atoms with Crippen molar-refractivity contribution in [1.29, 1.82) is 0 Å². The molecule has 0 heterocycles. The summed E-state index contributed by atoms with van der Waals surface area (Å²) in [7, 11) is 0. The molecule has 0 radical (unpaired) electrons. The minimum Gasteiger partial charge on any atom is -0.424 e. The summed E-state index contributed by atoms with van der Waals surface area (Å²) in [5, 5.41) is 0.737. The lowest BCUT2D eigenvalue weighted by molar-refractivity contribution is -0.139. The Kier molecular flexibility index (Phi) is 3.28. The Bertz CT molecular complexity index is 486. The third kappa shape index (κ3) is 2.37. The Hall–Kier alpha value is -0.150. The molecule has 1 aromatic carbocycles. The topological polar surface area (TPSA) is 26.3 Å². The number of rotatable bonds is 2. The van der Waals surface area contributed by atoms with Crippen LogP contribution in [0.1, 0.15) is 13.3 Å². The van der Waals surface area contributed by atoms with Crippen LogP contribution in [-0.4, -0.2) is 10.3 Å². The minimum atomic E-state index is -1.05. The predicted octanol–water partition coefficient (Wildman–Crippen LogP) is 4.48. The van der Waals surface area contributed by atoms with Crippen LogP contribution in [-0.2, 0) is 4.79 Å². The molecule has 0 aliphatic heterocycles. The van der Waals surface area contributed by atoms with Crippen LogP contribution < -0.4 is 4.74 Å². The molecule has 1 fully saturated rings. The number of ether oxygens (including phenoxy) is 1. The number of hydrogen-bond donors (Lipinski definition) is 0. The number of hydrogen-bond acceptors (Lipinski definition) is 2. The van der Waals surface area contributed by atoms with Gasteiger partial charge >= 0.3 is 5.97 Å². The van der Waals surface area contributed by atoms with E-state index in [0.29, 0.717) is 11.4 Å². The van der Waals surface area contributed by atoms with Crippen LogP contribution in [0.2, 0.25) is 10.0 Å². The van der Waals surface area contributed by atoms with E-state index in [4.69, 9.17) is 51.1 Å². The lowest BCUT2D eigenvalue weighted by Gasteiger charge is -2.12. The second-order valence-electron chi connectivity index (χ2n) is 4.18. The highest BCUT2D eigenvalue weighted by atomic mass is 35.5. The SMILES string of the molecule is CC1(C(=O)Oc2ccc(Cl)cc2Cl)CC1(Cl)Cl. The molecule has 1 atom stereocenters. The van der Waals surface area contributed by atoms with E-state index in [2.05, 4.69) is 0 Å². The van der Waals surface area contributed by atoms with Crippen LogP contribution in [0.15, 0.2) is 18.2 Å². The molecule has 17 heavy (non-hydrogen) atoms. The lowest BCUT2D eigenvalue weighted by Crippen LogP contribution is -2.23. The summed E-state index contributed by atoms with van der Waals surface area (Å²) in [4.78, 5) is 11.9. The molecule has 0 amide bonds. The van der Waals surface area contributed by atoms with Gasteiger partial charge in [0.15, 0.2) is 0 Å². The molecule has 0 bridgehead atoms. The lowest BCUT2D eigenvalue weighted by atomic mass is 10.1. The first-order valence-corrected chi connectivity index (χ1v) is 6.33. The molecular formula is C11H8Cl4O2. The summed E-state index contributed by atoms with van der Waals surface area (Å²) in [6.07, 6.45) is 0.368. The quantitative estimate of drug-likeness (QED) is 0.457. The molecule has 1 aliphatic carbocycles. The summed E-state index contributed by atoms with van der Waals surface area (Å²) >= 11 is 23.4. The number of carbonyl (C=O) groups is 1. The van der Waals surface area contributed by atoms with E-state index in [1.54, 1.807) is 13.0 Å². The van der Waals surface area contributed by atoms with Crippen molar-refractivity contribution in [3.8, 4) is 5.75 Å². The van der Waals surface area contributed by atoms with Crippen LogP contribution in [0.4, 0.5) is 0 Å². The van der Waals surface area contributed by atoms with Gasteiger partial charge in [-0.15, -0.1) is 23.2 Å². The van der Waals surface area contributed by atoms with Gasteiger partial charge in [0.2, 0.25) is 0 Å². The van der Waals surface area contributed by atoms with Crippen molar-refractivity contribution in [3.63, 3.8) is 0 Å². The van der Waals surface area contributed by atoms with Crippen molar-refractivity contribution >= 4 is 52.4 Å². The molecule has 1 aliphatic rings. The van der Waals surface area contributed by atoms with Crippen LogP contribution in [0.25, 0.3) is 0 Å². The van der Waals surface area contributed by atoms with E-state index in [1.807, 2.05) is 0 Å². The highest BCUT2D eigenvalue weighted by molar-refractivity contribution is 6.53. The fourth-order valence-corrected chi connectivity index (χ4v) is 2.53. The van der Waals surface area contributed by atoms with E-state index in [9.17, 15) is 4.79 Å². The van der Waals surface area contributed by atoms with Crippen molar-refractivity contribution < 1.29 is 9.53 Å². The minimum absolute atomic E-state index is 0.248. The number of esters is 1. The van der Waals surface area contributed by atoms with Gasteiger partial charge in [0.1, 0.15) is 15.5 Å². The number of carbonyl (C=O) groups excluding carboxylic acids is 1. The molecular weight excluding hydrogens is 306 g/mol. The fourth-order valence-electron chi connectivity index (χ4n) is 1.39. The first kappa shape index (κ1) is 13.3. The highest BCUT2D eigenvalue weighted by Crippen LogP contribution is 2.64. The first-order chi connectivity index (χ1) is 7.76. The van der Waals surface area contributed by atoms with Crippen molar-refractivity contribution in [1.82, 2.24) is 0 Å². The summed E-state index contributed by atoms with van der Waals surface area (Å²) in [5.41, 5.74) is -0.876. The number of benzene rings is 1. The standard InChI is InChI=1S/C11H8Cl4O2/c1-10(5-11(10,14)15)9(16)17-8-3-2-6(12)4-7(8)13/h2-4H,5H2,1H3. The van der Waals surface area contributed by atoms with Crippen molar-refractivity contribution in [2.75, 3.05) is 0 Å². The van der Waals surface area contributed by atoms with E-state index in [1.165, 1.54) is 12.1 Å². The highest BCUT2D eigenvalue weighted by Gasteiger charge is 2.69. The third-order valence-electron chi connectivity index (χ3n) is 2.80. The molecule has 6 heteroatoms. The zero-order valence-corrected chi connectivity index (χ0v) is 11.8. The van der Waals surface area contributed by atoms with Gasteiger partial charge < -0.3 is 4.74 Å². The van der Waals surface area contributed by atoms with Crippen molar-refractivity contribution in [3.05, 3.63) is 28.2 Å². The Morgan fingerprint density at radius 2 is 1.94 bits per heavy atom. The molecule has 0 aromatic heterocycles. The Labute approximate surface area is 119 Å². The molecule has 1 aromatic rings. The second kappa shape index (κ2) is 4.20. The van der Waals surface area contributed by atoms with Crippen LogP contribution in [0, 0.1) is 5.41 Å². The average molecular weight is 314 g/mol. The zero-order valence-electron chi connectivity index (χ0n) is 8.77. The van der Waals surface area contributed by atoms with Gasteiger partial charge in [0.25, 0.3) is 0 Å². The number of alkyl halides is 2. The summed E-state index contributed by atoms with van der Waals surface area (Å²) in [6.45, 7) is 1.65. The van der Waals surface area contributed by atoms with Crippen LogP contribution in [0.5, 0.6) is 5.75 Å². The normalized spacial score (nSPS) is 25.5. The molecule has 0 N–H and O–H groups in total. The fraction of sp³-hybridized carbons (Fsp3) is 0.364. The predicted molar refractivity (Wildman–Crippen MR) is 69.3 cm³/mol.